The molecule has 0 fully saturated rings. The maximum Gasteiger partial charge on any atom is 0.265 e. The molecule has 1 N–H and O–H groups in total. The summed E-state index contributed by atoms with van der Waals surface area (Å²) in [6.45, 7) is 6.30. The molecular formula is C27H27N3O2S. The number of nitrogens with zero attached hydrogens (tertiary/aromatic N) is 2. The van der Waals surface area contributed by atoms with Crippen molar-refractivity contribution in [2.24, 2.45) is 4.99 Å². The van der Waals surface area contributed by atoms with Crippen molar-refractivity contribution in [3.63, 3.8) is 0 Å². The maximum absolute atomic E-state index is 13.9. The molecule has 0 saturated carbocycles. The average Bonchev–Trinajstić information content (AvgIpc) is 3.39. The molecule has 0 bridgehead atoms. The highest BCUT2D eigenvalue weighted by atomic mass is 32.1. The van der Waals surface area contributed by atoms with Crippen molar-refractivity contribution in [3.8, 4) is 0 Å². The van der Waals surface area contributed by atoms with Gasteiger partial charge >= 0.3 is 0 Å². The first-order chi connectivity index (χ1) is 15.8. The molecule has 3 aromatic rings. The normalized spacial score (nSPS) is 20.3. The number of para-hydroxylation sites is 1. The van der Waals surface area contributed by atoms with Crippen LogP contribution in [-0.2, 0) is 10.2 Å². The van der Waals surface area contributed by atoms with Crippen LogP contribution in [-0.4, -0.2) is 35.0 Å². The van der Waals surface area contributed by atoms with E-state index in [1.54, 1.807) is 4.90 Å². The first kappa shape index (κ1) is 21.6. The Morgan fingerprint density at radius 1 is 1.06 bits per heavy atom. The van der Waals surface area contributed by atoms with Crippen LogP contribution < -0.4 is 5.32 Å². The number of rotatable bonds is 3. The van der Waals surface area contributed by atoms with Crippen molar-refractivity contribution >= 4 is 35.1 Å². The number of hydrogen-bond donors (Lipinski definition) is 1. The smallest absolute Gasteiger partial charge is 0.265 e. The fourth-order valence-electron chi connectivity index (χ4n) is 4.91. The summed E-state index contributed by atoms with van der Waals surface area (Å²) in [6, 6.07) is 19.0. The van der Waals surface area contributed by atoms with Crippen LogP contribution in [0.25, 0.3) is 0 Å². The zero-order chi connectivity index (χ0) is 23.2. The highest BCUT2D eigenvalue weighted by Crippen LogP contribution is 2.48. The van der Waals surface area contributed by atoms with Crippen LogP contribution in [0.5, 0.6) is 0 Å². The molecule has 6 heteroatoms. The Hall–Kier alpha value is -3.25. The van der Waals surface area contributed by atoms with Gasteiger partial charge in [-0.2, -0.15) is 0 Å². The third-order valence-electron chi connectivity index (χ3n) is 6.33. The van der Waals surface area contributed by atoms with Crippen molar-refractivity contribution in [1.82, 2.24) is 10.2 Å². The second-order valence-corrected chi connectivity index (χ2v) is 10.6. The van der Waals surface area contributed by atoms with E-state index in [0.717, 1.165) is 22.4 Å². The molecule has 2 aromatic carbocycles. The third-order valence-corrected chi connectivity index (χ3v) is 7.23. The van der Waals surface area contributed by atoms with Gasteiger partial charge < -0.3 is 10.2 Å². The summed E-state index contributed by atoms with van der Waals surface area (Å²) in [5, 5.41) is 5.06. The lowest BCUT2D eigenvalue weighted by molar-refractivity contribution is -0.127. The molecule has 0 saturated heterocycles. The number of aliphatic imine (C=N–C) groups is 1. The van der Waals surface area contributed by atoms with Crippen LogP contribution in [0.2, 0.25) is 0 Å². The van der Waals surface area contributed by atoms with Crippen LogP contribution in [0, 0.1) is 0 Å². The second-order valence-electron chi connectivity index (χ2n) is 9.71. The van der Waals surface area contributed by atoms with Crippen LogP contribution >= 0.6 is 11.3 Å². The molecule has 168 valence electrons. The molecule has 2 unspecified atom stereocenters. The van der Waals surface area contributed by atoms with Gasteiger partial charge in [-0.15, -0.1) is 11.3 Å². The highest BCUT2D eigenvalue weighted by molar-refractivity contribution is 7.12. The van der Waals surface area contributed by atoms with Gasteiger partial charge in [-0.25, -0.2) is 0 Å². The van der Waals surface area contributed by atoms with Gasteiger partial charge in [-0.1, -0.05) is 48.5 Å². The molecule has 5 nitrogen and oxygen atoms in total. The molecule has 2 atom stereocenters. The van der Waals surface area contributed by atoms with Crippen molar-refractivity contribution < 1.29 is 9.59 Å². The first-order valence-corrected chi connectivity index (χ1v) is 12.1. The van der Waals surface area contributed by atoms with Gasteiger partial charge in [0, 0.05) is 18.3 Å². The van der Waals surface area contributed by atoms with E-state index in [1.165, 1.54) is 11.3 Å². The molecule has 2 amide bonds. The predicted octanol–water partition coefficient (Wildman–Crippen LogP) is 5.25. The summed E-state index contributed by atoms with van der Waals surface area (Å²) >= 11 is 1.44. The summed E-state index contributed by atoms with van der Waals surface area (Å²) in [5.74, 6) is -0.274. The molecule has 1 spiro atoms. The Morgan fingerprint density at radius 3 is 2.55 bits per heavy atom. The fraction of sp³-hybridized carbons (Fsp3) is 0.296. The predicted molar refractivity (Wildman–Crippen MR) is 132 cm³/mol. The van der Waals surface area contributed by atoms with E-state index >= 15 is 0 Å². The van der Waals surface area contributed by atoms with E-state index < -0.39 is 17.0 Å². The highest BCUT2D eigenvalue weighted by Gasteiger charge is 2.46. The Kier molecular flexibility index (Phi) is 5.20. The Balaban J connectivity index is 1.61. The summed E-state index contributed by atoms with van der Waals surface area (Å²) in [5.41, 5.74) is 2.98. The molecule has 1 aromatic heterocycles. The maximum atomic E-state index is 13.9. The van der Waals surface area contributed by atoms with E-state index in [2.05, 4.69) is 11.4 Å². The second kappa shape index (κ2) is 7.96. The Bertz CT molecular complexity index is 1240. The number of amides is 2. The Labute approximate surface area is 198 Å². The molecule has 0 aliphatic carbocycles. The topological polar surface area (TPSA) is 61.8 Å². The molecule has 2 aliphatic rings. The van der Waals surface area contributed by atoms with Gasteiger partial charge in [0.25, 0.3) is 5.91 Å². The zero-order valence-electron chi connectivity index (χ0n) is 19.0. The number of fused-ring (bicyclic) bond motifs is 4. The molecule has 5 rings (SSSR count). The van der Waals surface area contributed by atoms with E-state index in [-0.39, 0.29) is 11.8 Å². The SMILES string of the molecule is CC(C)(C)NC(=O)C(c1ccccc1)N1CCC2(C=Nc3ccccc32)c2ccsc2C1=O. The van der Waals surface area contributed by atoms with Gasteiger partial charge in [0.2, 0.25) is 5.91 Å². The van der Waals surface area contributed by atoms with Gasteiger partial charge in [0.05, 0.1) is 16.0 Å². The monoisotopic (exact) mass is 457 g/mol. The molecule has 33 heavy (non-hydrogen) atoms. The first-order valence-electron chi connectivity index (χ1n) is 11.2. The number of carbonyl (C=O) groups excluding carboxylic acids is 2. The molecule has 0 radical (unpaired) electrons. The lowest BCUT2D eigenvalue weighted by Crippen LogP contribution is -2.49. The minimum atomic E-state index is -0.711. The number of benzene rings is 2. The van der Waals surface area contributed by atoms with Crippen LogP contribution in [0.15, 0.2) is 71.0 Å². The quantitative estimate of drug-likeness (QED) is 0.584. The summed E-state index contributed by atoms with van der Waals surface area (Å²) in [4.78, 5) is 34.6. The Morgan fingerprint density at radius 2 is 1.79 bits per heavy atom. The van der Waals surface area contributed by atoms with Gasteiger partial charge in [-0.05, 0) is 61.4 Å². The summed E-state index contributed by atoms with van der Waals surface area (Å²) in [7, 11) is 0. The van der Waals surface area contributed by atoms with Crippen LogP contribution in [0.1, 0.15) is 59.6 Å². The van der Waals surface area contributed by atoms with Gasteiger partial charge in [-0.3, -0.25) is 14.6 Å². The number of nitrogens with one attached hydrogen (secondary N) is 1. The summed E-state index contributed by atoms with van der Waals surface area (Å²) < 4.78 is 0. The standard InChI is InChI=1S/C27H27N3O2S/c1-26(2,3)29-24(31)22(18-9-5-4-6-10-18)30-15-14-27(20-13-16-33-23(20)25(30)32)17-28-21-12-8-7-11-19(21)27/h4-13,16-17,22H,14-15H2,1-3H3,(H,29,31). The minimum absolute atomic E-state index is 0.104. The van der Waals surface area contributed by atoms with E-state index in [0.29, 0.717) is 17.8 Å². The van der Waals surface area contributed by atoms with Crippen molar-refractivity contribution in [2.75, 3.05) is 6.54 Å². The molecule has 3 heterocycles. The number of carbonyl (C=O) groups is 2. The van der Waals surface area contributed by atoms with Gasteiger partial charge in [0.15, 0.2) is 0 Å². The van der Waals surface area contributed by atoms with Crippen molar-refractivity contribution in [2.45, 2.75) is 44.2 Å². The van der Waals surface area contributed by atoms with Crippen LogP contribution in [0.3, 0.4) is 0 Å². The third kappa shape index (κ3) is 3.68. The van der Waals surface area contributed by atoms with Crippen LogP contribution in [0.4, 0.5) is 5.69 Å². The number of hydrogen-bond acceptors (Lipinski definition) is 4. The minimum Gasteiger partial charge on any atom is -0.349 e. The fourth-order valence-corrected chi connectivity index (χ4v) is 5.84. The molecule has 2 aliphatic heterocycles. The van der Waals surface area contributed by atoms with E-state index in [4.69, 9.17) is 4.99 Å². The number of thiophene rings is 1. The molecular weight excluding hydrogens is 430 g/mol. The van der Waals surface area contributed by atoms with E-state index in [1.807, 2.05) is 87.0 Å². The summed E-state index contributed by atoms with van der Waals surface area (Å²) in [6.07, 6.45) is 2.65. The van der Waals surface area contributed by atoms with E-state index in [9.17, 15) is 9.59 Å². The van der Waals surface area contributed by atoms with Crippen molar-refractivity contribution in [3.05, 3.63) is 87.6 Å². The zero-order valence-corrected chi connectivity index (χ0v) is 19.9. The van der Waals surface area contributed by atoms with Gasteiger partial charge in [0.1, 0.15) is 6.04 Å². The average molecular weight is 458 g/mol. The lowest BCUT2D eigenvalue weighted by Gasteiger charge is -2.33. The lowest BCUT2D eigenvalue weighted by atomic mass is 9.74. The largest absolute Gasteiger partial charge is 0.349 e. The van der Waals surface area contributed by atoms with Crippen molar-refractivity contribution in [1.29, 1.82) is 0 Å².